The van der Waals surface area contributed by atoms with Crippen molar-refractivity contribution in [1.82, 2.24) is 4.98 Å². The number of hydrogen-bond donors (Lipinski definition) is 3. The van der Waals surface area contributed by atoms with Gasteiger partial charge in [-0.1, -0.05) is 35.1 Å². The summed E-state index contributed by atoms with van der Waals surface area (Å²) >= 11 is 7.17. The zero-order valence-electron chi connectivity index (χ0n) is 11.9. The smallest absolute Gasteiger partial charge is 0.267 e. The maximum atomic E-state index is 12.3. The van der Waals surface area contributed by atoms with Crippen molar-refractivity contribution in [2.45, 2.75) is 12.8 Å². The average molecular weight is 349 g/mol. The molecule has 23 heavy (non-hydrogen) atoms. The van der Waals surface area contributed by atoms with E-state index in [0.29, 0.717) is 26.3 Å². The Morgan fingerprint density at radius 1 is 1.35 bits per heavy atom. The van der Waals surface area contributed by atoms with Gasteiger partial charge in [-0.15, -0.1) is 0 Å². The van der Waals surface area contributed by atoms with Crippen molar-refractivity contribution >= 4 is 51.8 Å². The molecule has 1 aliphatic carbocycles. The van der Waals surface area contributed by atoms with Gasteiger partial charge in [-0.05, 0) is 18.9 Å². The van der Waals surface area contributed by atoms with Crippen LogP contribution in [0.2, 0.25) is 5.02 Å². The predicted octanol–water partition coefficient (Wildman–Crippen LogP) is 3.39. The molecule has 0 atom stereocenters. The van der Waals surface area contributed by atoms with Crippen LogP contribution in [-0.4, -0.2) is 23.0 Å². The lowest BCUT2D eigenvalue weighted by Gasteiger charge is -2.08. The number of anilines is 2. The fourth-order valence-electron chi connectivity index (χ4n) is 1.96. The second kappa shape index (κ2) is 6.47. The van der Waals surface area contributed by atoms with Gasteiger partial charge in [0, 0.05) is 17.7 Å². The van der Waals surface area contributed by atoms with E-state index in [0.717, 1.165) is 30.4 Å². The first-order valence-electron chi connectivity index (χ1n) is 6.95. The minimum Gasteiger partial charge on any atom is -0.319 e. The number of carbonyl (C=O) groups is 2. The molecule has 118 valence electrons. The number of thiazole rings is 1. The molecule has 3 rings (SSSR count). The standard InChI is InChI=1S/C15H13ClN4O2S/c16-10-3-1-2-9(6-17)12(10)19-14(22)11-7-18-15(23-11)20-13(21)8-4-5-8/h1-3,6-8,17H,4-5H2,(H,19,22)(H,18,20,21). The fraction of sp³-hybridized carbons (Fsp3) is 0.200. The van der Waals surface area contributed by atoms with E-state index in [1.54, 1.807) is 18.2 Å². The molecular formula is C15H13ClN4O2S. The van der Waals surface area contributed by atoms with Crippen LogP contribution in [0.4, 0.5) is 10.8 Å². The van der Waals surface area contributed by atoms with Gasteiger partial charge in [0.2, 0.25) is 5.91 Å². The Balaban J connectivity index is 1.72. The van der Waals surface area contributed by atoms with Crippen molar-refractivity contribution in [2.24, 2.45) is 5.92 Å². The number of benzene rings is 1. The van der Waals surface area contributed by atoms with E-state index in [4.69, 9.17) is 17.0 Å². The number of nitrogens with zero attached hydrogens (tertiary/aromatic N) is 1. The van der Waals surface area contributed by atoms with Crippen LogP contribution in [0.5, 0.6) is 0 Å². The van der Waals surface area contributed by atoms with Gasteiger partial charge in [0.15, 0.2) is 5.13 Å². The number of halogens is 1. The molecule has 1 fully saturated rings. The molecule has 0 aliphatic heterocycles. The molecule has 1 aromatic heterocycles. The Bertz CT molecular complexity index is 786. The molecule has 1 aromatic carbocycles. The maximum Gasteiger partial charge on any atom is 0.267 e. The Morgan fingerprint density at radius 2 is 2.13 bits per heavy atom. The highest BCUT2D eigenvalue weighted by molar-refractivity contribution is 7.17. The van der Waals surface area contributed by atoms with E-state index in [1.807, 2.05) is 0 Å². The van der Waals surface area contributed by atoms with Crippen LogP contribution in [0.15, 0.2) is 24.4 Å². The van der Waals surface area contributed by atoms with Gasteiger partial charge in [0.25, 0.3) is 5.91 Å². The molecule has 0 saturated heterocycles. The Hall–Kier alpha value is -2.25. The first-order chi connectivity index (χ1) is 11.1. The third-order valence-corrected chi connectivity index (χ3v) is 4.57. The largest absolute Gasteiger partial charge is 0.319 e. The van der Waals surface area contributed by atoms with Crippen LogP contribution in [0.25, 0.3) is 0 Å². The zero-order chi connectivity index (χ0) is 16.4. The number of hydrogen-bond acceptors (Lipinski definition) is 5. The van der Waals surface area contributed by atoms with E-state index >= 15 is 0 Å². The van der Waals surface area contributed by atoms with Gasteiger partial charge in [0.05, 0.1) is 16.9 Å². The summed E-state index contributed by atoms with van der Waals surface area (Å²) in [6.07, 6.45) is 4.34. The number of para-hydroxylation sites is 1. The average Bonchev–Trinajstić information content (AvgIpc) is 3.29. The zero-order valence-corrected chi connectivity index (χ0v) is 13.5. The van der Waals surface area contributed by atoms with Crippen molar-refractivity contribution in [1.29, 1.82) is 5.41 Å². The first kappa shape index (κ1) is 15.6. The maximum absolute atomic E-state index is 12.3. The quantitative estimate of drug-likeness (QED) is 0.723. The highest BCUT2D eigenvalue weighted by Crippen LogP contribution is 2.31. The lowest BCUT2D eigenvalue weighted by molar-refractivity contribution is -0.117. The van der Waals surface area contributed by atoms with E-state index in [9.17, 15) is 9.59 Å². The molecule has 1 saturated carbocycles. The van der Waals surface area contributed by atoms with Crippen LogP contribution in [-0.2, 0) is 4.79 Å². The lowest BCUT2D eigenvalue weighted by atomic mass is 10.2. The van der Waals surface area contributed by atoms with Crippen LogP contribution >= 0.6 is 22.9 Å². The summed E-state index contributed by atoms with van der Waals surface area (Å²) in [7, 11) is 0. The van der Waals surface area contributed by atoms with Gasteiger partial charge in [-0.3, -0.25) is 9.59 Å². The van der Waals surface area contributed by atoms with Crippen molar-refractivity contribution in [3.63, 3.8) is 0 Å². The molecule has 8 heteroatoms. The number of rotatable bonds is 5. The molecule has 1 aliphatic rings. The molecule has 0 spiro atoms. The van der Waals surface area contributed by atoms with E-state index < -0.39 is 0 Å². The molecule has 0 bridgehead atoms. The molecule has 1 heterocycles. The van der Waals surface area contributed by atoms with E-state index in [-0.39, 0.29) is 17.7 Å². The van der Waals surface area contributed by atoms with Crippen LogP contribution in [0, 0.1) is 11.3 Å². The van der Waals surface area contributed by atoms with Crippen LogP contribution in [0.1, 0.15) is 28.1 Å². The third kappa shape index (κ3) is 3.57. The molecule has 0 radical (unpaired) electrons. The van der Waals surface area contributed by atoms with Crippen molar-refractivity contribution in [2.75, 3.05) is 10.6 Å². The second-order valence-corrected chi connectivity index (χ2v) is 6.53. The topological polar surface area (TPSA) is 94.9 Å². The highest BCUT2D eigenvalue weighted by Gasteiger charge is 2.30. The van der Waals surface area contributed by atoms with Gasteiger partial charge in [-0.2, -0.15) is 0 Å². The van der Waals surface area contributed by atoms with Crippen molar-refractivity contribution in [3.8, 4) is 0 Å². The van der Waals surface area contributed by atoms with Crippen molar-refractivity contribution in [3.05, 3.63) is 39.9 Å². The third-order valence-electron chi connectivity index (χ3n) is 3.35. The predicted molar refractivity (Wildman–Crippen MR) is 90.8 cm³/mol. The lowest BCUT2D eigenvalue weighted by Crippen LogP contribution is -2.13. The van der Waals surface area contributed by atoms with Gasteiger partial charge in [0.1, 0.15) is 4.88 Å². The molecule has 6 nitrogen and oxygen atoms in total. The second-order valence-electron chi connectivity index (χ2n) is 5.10. The summed E-state index contributed by atoms with van der Waals surface area (Å²) in [4.78, 5) is 28.4. The molecule has 0 unspecified atom stereocenters. The van der Waals surface area contributed by atoms with Gasteiger partial charge >= 0.3 is 0 Å². The molecule has 3 N–H and O–H groups in total. The molecule has 2 aromatic rings. The summed E-state index contributed by atoms with van der Waals surface area (Å²) < 4.78 is 0. The van der Waals surface area contributed by atoms with Gasteiger partial charge < -0.3 is 16.0 Å². The minimum atomic E-state index is -0.384. The van der Waals surface area contributed by atoms with Gasteiger partial charge in [-0.25, -0.2) is 4.98 Å². The van der Waals surface area contributed by atoms with Crippen LogP contribution in [0.3, 0.4) is 0 Å². The highest BCUT2D eigenvalue weighted by atomic mass is 35.5. The number of carbonyl (C=O) groups excluding carboxylic acids is 2. The summed E-state index contributed by atoms with van der Waals surface area (Å²) in [6.45, 7) is 0. The number of aromatic nitrogens is 1. The van der Waals surface area contributed by atoms with Crippen LogP contribution < -0.4 is 10.6 Å². The molecular weight excluding hydrogens is 336 g/mol. The van der Waals surface area contributed by atoms with E-state index in [1.165, 1.54) is 6.20 Å². The monoisotopic (exact) mass is 348 g/mol. The normalized spacial score (nSPS) is 13.4. The van der Waals surface area contributed by atoms with Crippen molar-refractivity contribution < 1.29 is 9.59 Å². The summed E-state index contributed by atoms with van der Waals surface area (Å²) in [5.41, 5.74) is 0.892. The summed E-state index contributed by atoms with van der Waals surface area (Å²) in [5, 5.41) is 13.5. The summed E-state index contributed by atoms with van der Waals surface area (Å²) in [5.74, 6) is -0.358. The number of amides is 2. The fourth-order valence-corrected chi connectivity index (χ4v) is 2.90. The Labute approximate surface area is 141 Å². The SMILES string of the molecule is N=Cc1cccc(Cl)c1NC(=O)c1cnc(NC(=O)C2CC2)s1. The van der Waals surface area contributed by atoms with E-state index in [2.05, 4.69) is 15.6 Å². The number of nitrogens with one attached hydrogen (secondary N) is 3. The Kier molecular flexibility index (Phi) is 4.40. The minimum absolute atomic E-state index is 0.0523. The molecule has 2 amide bonds. The summed E-state index contributed by atoms with van der Waals surface area (Å²) in [6, 6.07) is 5.02. The first-order valence-corrected chi connectivity index (χ1v) is 8.15. The Morgan fingerprint density at radius 3 is 2.83 bits per heavy atom.